The summed E-state index contributed by atoms with van der Waals surface area (Å²) in [6.45, 7) is 0. The summed E-state index contributed by atoms with van der Waals surface area (Å²) < 4.78 is 45.0. The van der Waals surface area contributed by atoms with Crippen LogP contribution in [0.1, 0.15) is 5.56 Å². The molecule has 0 amide bonds. The molecule has 0 fully saturated rings. The minimum Gasteiger partial charge on any atom is -0.453 e. The molecular weight excluding hydrogens is 275 g/mol. The fraction of sp³-hybridized carbons (Fsp3) is 0. The van der Waals surface area contributed by atoms with Gasteiger partial charge in [0.25, 0.3) is 0 Å². The average Bonchev–Trinajstić information content (AvgIpc) is 2.32. The monoisotopic (exact) mass is 283 g/mol. The predicted molar refractivity (Wildman–Crippen MR) is 68.7 cm³/mol. The van der Waals surface area contributed by atoms with Crippen molar-refractivity contribution in [1.29, 1.82) is 0 Å². The lowest BCUT2D eigenvalue weighted by Gasteiger charge is -2.11. The second-order valence-electron chi connectivity index (χ2n) is 3.65. The maximum absolute atomic E-state index is 13.6. The molecule has 2 nitrogen and oxygen atoms in total. The Hall–Kier alpha value is -2.08. The van der Waals surface area contributed by atoms with Crippen LogP contribution in [0.25, 0.3) is 0 Å². The van der Waals surface area contributed by atoms with Gasteiger partial charge in [-0.3, -0.25) is 0 Å². The molecule has 0 aliphatic heterocycles. The highest BCUT2D eigenvalue weighted by atomic mass is 32.1. The Bertz CT molecular complexity index is 646. The molecular formula is C13H8F3NOS. The van der Waals surface area contributed by atoms with Gasteiger partial charge in [0.05, 0.1) is 5.56 Å². The van der Waals surface area contributed by atoms with Crippen LogP contribution >= 0.6 is 12.2 Å². The van der Waals surface area contributed by atoms with Gasteiger partial charge in [0.15, 0.2) is 11.6 Å². The van der Waals surface area contributed by atoms with Gasteiger partial charge in [0, 0.05) is 6.07 Å². The molecule has 19 heavy (non-hydrogen) atoms. The van der Waals surface area contributed by atoms with Crippen LogP contribution in [0.4, 0.5) is 13.2 Å². The molecule has 0 atom stereocenters. The summed E-state index contributed by atoms with van der Waals surface area (Å²) in [6.07, 6.45) is 0. The smallest absolute Gasteiger partial charge is 0.168 e. The summed E-state index contributed by atoms with van der Waals surface area (Å²) >= 11 is 4.71. The average molecular weight is 283 g/mol. The number of rotatable bonds is 3. The van der Waals surface area contributed by atoms with E-state index in [0.717, 1.165) is 18.2 Å². The summed E-state index contributed by atoms with van der Waals surface area (Å²) in [7, 11) is 0. The summed E-state index contributed by atoms with van der Waals surface area (Å²) in [4.78, 5) is -0.212. The second-order valence-corrected chi connectivity index (χ2v) is 4.09. The number of benzene rings is 2. The minimum absolute atomic E-state index is 0.0296. The zero-order valence-electron chi connectivity index (χ0n) is 9.49. The molecule has 0 saturated heterocycles. The van der Waals surface area contributed by atoms with Crippen LogP contribution in [0.3, 0.4) is 0 Å². The number of hydrogen-bond donors (Lipinski definition) is 1. The molecule has 0 spiro atoms. The molecule has 98 valence electrons. The summed E-state index contributed by atoms with van der Waals surface area (Å²) in [5.41, 5.74) is 5.27. The van der Waals surface area contributed by atoms with Crippen molar-refractivity contribution in [3.63, 3.8) is 0 Å². The first-order valence-electron chi connectivity index (χ1n) is 5.20. The first-order chi connectivity index (χ1) is 8.99. The number of halogens is 3. The molecule has 6 heteroatoms. The quantitative estimate of drug-likeness (QED) is 0.875. The Balaban J connectivity index is 2.44. The largest absolute Gasteiger partial charge is 0.453 e. The molecule has 0 saturated carbocycles. The second kappa shape index (κ2) is 5.27. The number of thiocarbonyl (C=S) groups is 1. The molecule has 0 radical (unpaired) electrons. The topological polar surface area (TPSA) is 35.2 Å². The van der Waals surface area contributed by atoms with Gasteiger partial charge in [-0.2, -0.15) is 0 Å². The number of nitrogens with two attached hydrogens (primary N) is 1. The Labute approximate surface area is 112 Å². The number of hydrogen-bond acceptors (Lipinski definition) is 2. The van der Waals surface area contributed by atoms with E-state index in [1.54, 1.807) is 0 Å². The molecule has 2 N–H and O–H groups in total. The molecule has 0 bridgehead atoms. The van der Waals surface area contributed by atoms with Crippen LogP contribution < -0.4 is 10.5 Å². The van der Waals surface area contributed by atoms with Crippen molar-refractivity contribution in [2.24, 2.45) is 5.73 Å². The van der Waals surface area contributed by atoms with Gasteiger partial charge < -0.3 is 10.5 Å². The van der Waals surface area contributed by atoms with Crippen molar-refractivity contribution >= 4 is 17.2 Å². The minimum atomic E-state index is -0.904. The highest BCUT2D eigenvalue weighted by molar-refractivity contribution is 7.80. The third-order valence-electron chi connectivity index (χ3n) is 2.34. The highest BCUT2D eigenvalue weighted by Gasteiger charge is 2.14. The Morgan fingerprint density at radius 2 is 1.74 bits per heavy atom. The standard InChI is InChI=1S/C13H8F3NOS/c14-7-4-5-10(9(16)6-7)18-11-3-1-2-8(15)12(11)13(17)19/h1-6H,(H2,17,19). The van der Waals surface area contributed by atoms with Gasteiger partial charge in [-0.15, -0.1) is 0 Å². The van der Waals surface area contributed by atoms with E-state index >= 15 is 0 Å². The Kier molecular flexibility index (Phi) is 3.71. The third-order valence-corrected chi connectivity index (χ3v) is 2.54. The zero-order chi connectivity index (χ0) is 14.0. The van der Waals surface area contributed by atoms with Crippen LogP contribution in [0.5, 0.6) is 11.5 Å². The van der Waals surface area contributed by atoms with E-state index in [-0.39, 0.29) is 22.1 Å². The van der Waals surface area contributed by atoms with Crippen LogP contribution in [-0.2, 0) is 0 Å². The molecule has 0 aliphatic carbocycles. The van der Waals surface area contributed by atoms with Crippen LogP contribution in [-0.4, -0.2) is 4.99 Å². The maximum atomic E-state index is 13.6. The third kappa shape index (κ3) is 2.85. The van der Waals surface area contributed by atoms with E-state index in [2.05, 4.69) is 0 Å². The van der Waals surface area contributed by atoms with Crippen molar-refractivity contribution in [3.05, 3.63) is 59.4 Å². The van der Waals surface area contributed by atoms with E-state index < -0.39 is 17.5 Å². The first kappa shape index (κ1) is 13.4. The molecule has 0 unspecified atom stereocenters. The van der Waals surface area contributed by atoms with Gasteiger partial charge >= 0.3 is 0 Å². The maximum Gasteiger partial charge on any atom is 0.168 e. The number of ether oxygens (including phenoxy) is 1. The lowest BCUT2D eigenvalue weighted by molar-refractivity contribution is 0.433. The normalized spacial score (nSPS) is 10.3. The molecule has 2 rings (SSSR count). The van der Waals surface area contributed by atoms with Gasteiger partial charge in [0.1, 0.15) is 22.4 Å². The van der Waals surface area contributed by atoms with Gasteiger partial charge in [-0.05, 0) is 24.3 Å². The zero-order valence-corrected chi connectivity index (χ0v) is 10.3. The van der Waals surface area contributed by atoms with Gasteiger partial charge in [-0.25, -0.2) is 13.2 Å². The fourth-order valence-corrected chi connectivity index (χ4v) is 1.70. The van der Waals surface area contributed by atoms with Gasteiger partial charge in [0.2, 0.25) is 0 Å². The molecule has 0 aromatic heterocycles. The summed E-state index contributed by atoms with van der Waals surface area (Å²) in [5.74, 6) is -2.59. The van der Waals surface area contributed by atoms with E-state index in [1.807, 2.05) is 0 Å². The molecule has 0 aliphatic rings. The fourth-order valence-electron chi connectivity index (χ4n) is 1.50. The van der Waals surface area contributed by atoms with Crippen LogP contribution in [0, 0.1) is 17.5 Å². The van der Waals surface area contributed by atoms with E-state index in [0.29, 0.717) is 6.07 Å². The predicted octanol–water partition coefficient (Wildman–Crippen LogP) is 3.53. The SMILES string of the molecule is NC(=S)c1c(F)cccc1Oc1ccc(F)cc1F. The van der Waals surface area contributed by atoms with Crippen molar-refractivity contribution in [3.8, 4) is 11.5 Å². The lowest BCUT2D eigenvalue weighted by Crippen LogP contribution is -2.13. The Morgan fingerprint density at radius 1 is 1.00 bits per heavy atom. The molecule has 2 aromatic carbocycles. The first-order valence-corrected chi connectivity index (χ1v) is 5.61. The van der Waals surface area contributed by atoms with E-state index in [1.165, 1.54) is 12.1 Å². The van der Waals surface area contributed by atoms with Crippen LogP contribution in [0.2, 0.25) is 0 Å². The van der Waals surface area contributed by atoms with Crippen molar-refractivity contribution in [2.45, 2.75) is 0 Å². The van der Waals surface area contributed by atoms with E-state index in [9.17, 15) is 13.2 Å². The van der Waals surface area contributed by atoms with Crippen molar-refractivity contribution in [2.75, 3.05) is 0 Å². The van der Waals surface area contributed by atoms with Crippen molar-refractivity contribution in [1.82, 2.24) is 0 Å². The summed E-state index contributed by atoms with van der Waals surface area (Å²) in [5, 5.41) is 0. The van der Waals surface area contributed by atoms with E-state index in [4.69, 9.17) is 22.7 Å². The highest BCUT2D eigenvalue weighted by Crippen LogP contribution is 2.29. The van der Waals surface area contributed by atoms with Gasteiger partial charge in [-0.1, -0.05) is 18.3 Å². The van der Waals surface area contributed by atoms with Crippen LogP contribution in [0.15, 0.2) is 36.4 Å². The lowest BCUT2D eigenvalue weighted by atomic mass is 10.2. The Morgan fingerprint density at radius 3 is 2.37 bits per heavy atom. The van der Waals surface area contributed by atoms with Crippen molar-refractivity contribution < 1.29 is 17.9 Å². The summed E-state index contributed by atoms with van der Waals surface area (Å²) in [6, 6.07) is 6.70. The molecule has 2 aromatic rings. The molecule has 0 heterocycles.